The van der Waals surface area contributed by atoms with E-state index >= 15 is 0 Å². The van der Waals surface area contributed by atoms with Crippen molar-refractivity contribution < 1.29 is 4.42 Å². The van der Waals surface area contributed by atoms with Crippen molar-refractivity contribution >= 4 is 11.5 Å². The van der Waals surface area contributed by atoms with Gasteiger partial charge in [0.1, 0.15) is 11.4 Å². The summed E-state index contributed by atoms with van der Waals surface area (Å²) < 4.78 is 9.03. The van der Waals surface area contributed by atoms with Gasteiger partial charge in [0.15, 0.2) is 11.5 Å². The molecule has 0 atom stereocenters. The van der Waals surface area contributed by atoms with Crippen molar-refractivity contribution in [2.24, 2.45) is 0 Å². The number of furan rings is 1. The molecule has 0 bridgehead atoms. The number of nitrogens with zero attached hydrogens (tertiary/aromatic N) is 4. The maximum atomic E-state index is 5.25. The molecule has 6 nitrogen and oxygen atoms in total. The highest BCUT2D eigenvalue weighted by molar-refractivity contribution is 7.03. The summed E-state index contributed by atoms with van der Waals surface area (Å²) in [5, 5.41) is 16.3. The molecule has 3 rings (SSSR count). The second-order valence-corrected chi connectivity index (χ2v) is 3.40. The third-order valence-electron chi connectivity index (χ3n) is 1.91. The van der Waals surface area contributed by atoms with Crippen molar-refractivity contribution in [1.82, 2.24) is 25.0 Å². The molecule has 74 valence electrons. The van der Waals surface area contributed by atoms with E-state index < -0.39 is 0 Å². The van der Waals surface area contributed by atoms with Crippen LogP contribution in [0.25, 0.3) is 22.8 Å². The first kappa shape index (κ1) is 8.30. The number of aromatic nitrogens is 5. The molecule has 0 aliphatic heterocycles. The molecule has 0 spiro atoms. The Kier molecular flexibility index (Phi) is 1.82. The minimum Gasteiger partial charge on any atom is -0.463 e. The summed E-state index contributed by atoms with van der Waals surface area (Å²) in [5.74, 6) is 0.659. The molecule has 0 amide bonds. The van der Waals surface area contributed by atoms with Gasteiger partial charge in [-0.15, -0.1) is 5.10 Å². The summed E-state index contributed by atoms with van der Waals surface area (Å²) in [4.78, 5) is 0. The molecule has 0 saturated heterocycles. The van der Waals surface area contributed by atoms with Crippen molar-refractivity contribution in [2.75, 3.05) is 0 Å². The van der Waals surface area contributed by atoms with Crippen LogP contribution in [0.15, 0.2) is 28.2 Å². The fourth-order valence-electron chi connectivity index (χ4n) is 1.26. The molecule has 3 aromatic rings. The predicted octanol–water partition coefficient (Wildman–Crippen LogP) is 1.58. The average Bonchev–Trinajstić information content (AvgIpc) is 3.01. The van der Waals surface area contributed by atoms with Gasteiger partial charge in [0.05, 0.1) is 6.26 Å². The van der Waals surface area contributed by atoms with E-state index in [2.05, 4.69) is 25.0 Å². The van der Waals surface area contributed by atoms with Gasteiger partial charge in [0.2, 0.25) is 0 Å². The third kappa shape index (κ3) is 1.33. The zero-order chi connectivity index (χ0) is 10.1. The molecule has 3 aromatic heterocycles. The largest absolute Gasteiger partial charge is 0.463 e. The molecular weight excluding hydrogens is 214 g/mol. The van der Waals surface area contributed by atoms with Gasteiger partial charge in [-0.25, -0.2) is 0 Å². The number of H-pyrrole nitrogens is 1. The van der Waals surface area contributed by atoms with Gasteiger partial charge < -0.3 is 4.42 Å². The van der Waals surface area contributed by atoms with Gasteiger partial charge in [-0.05, 0) is 23.7 Å². The number of nitrogens with one attached hydrogen (secondary N) is 1. The fraction of sp³-hybridized carbons (Fsp3) is 0. The summed E-state index contributed by atoms with van der Waals surface area (Å²) in [7, 11) is 0. The van der Waals surface area contributed by atoms with Crippen LogP contribution in [-0.4, -0.2) is 25.0 Å². The van der Waals surface area contributed by atoms with E-state index in [1.54, 1.807) is 12.3 Å². The minimum absolute atomic E-state index is 0.646. The number of aromatic amines is 1. The molecule has 3 heterocycles. The van der Waals surface area contributed by atoms with Crippen LogP contribution in [0.3, 0.4) is 0 Å². The van der Waals surface area contributed by atoms with Gasteiger partial charge in [-0.2, -0.15) is 15.4 Å². The first-order valence-electron chi connectivity index (χ1n) is 4.17. The lowest BCUT2D eigenvalue weighted by atomic mass is 10.2. The van der Waals surface area contributed by atoms with E-state index in [9.17, 15) is 0 Å². The minimum atomic E-state index is 0.646. The van der Waals surface area contributed by atoms with E-state index in [1.807, 2.05) is 11.4 Å². The van der Waals surface area contributed by atoms with Gasteiger partial charge in [-0.1, -0.05) is 4.49 Å². The van der Waals surface area contributed by atoms with Crippen LogP contribution in [0.1, 0.15) is 0 Å². The Morgan fingerprint density at radius 3 is 2.93 bits per heavy atom. The molecule has 0 aliphatic rings. The highest BCUT2D eigenvalue weighted by Crippen LogP contribution is 2.27. The van der Waals surface area contributed by atoms with Gasteiger partial charge in [-0.3, -0.25) is 0 Å². The van der Waals surface area contributed by atoms with Crippen LogP contribution in [0.2, 0.25) is 0 Å². The molecule has 1 N–H and O–H groups in total. The molecule has 0 fully saturated rings. The standard InChI is InChI=1S/C8H5N5OS/c1-2-6(14-3-1)8-7(10-12-11-8)5-4-15-13-9-5/h1-4H,(H,10,11,12). The topological polar surface area (TPSA) is 80.5 Å². The van der Waals surface area contributed by atoms with Crippen molar-refractivity contribution in [3.8, 4) is 22.8 Å². The van der Waals surface area contributed by atoms with Crippen LogP contribution >= 0.6 is 11.5 Å². The highest BCUT2D eigenvalue weighted by Gasteiger charge is 2.16. The van der Waals surface area contributed by atoms with Crippen LogP contribution in [0.5, 0.6) is 0 Å². The van der Waals surface area contributed by atoms with Crippen molar-refractivity contribution in [3.63, 3.8) is 0 Å². The summed E-state index contributed by atoms with van der Waals surface area (Å²) >= 11 is 1.27. The van der Waals surface area contributed by atoms with E-state index in [0.717, 1.165) is 0 Å². The Bertz CT molecular complexity index is 493. The van der Waals surface area contributed by atoms with Crippen LogP contribution in [-0.2, 0) is 0 Å². The fourth-order valence-corrected chi connectivity index (χ4v) is 1.70. The first-order chi connectivity index (χ1) is 7.45. The molecule has 15 heavy (non-hydrogen) atoms. The third-order valence-corrected chi connectivity index (χ3v) is 2.41. The van der Waals surface area contributed by atoms with Gasteiger partial charge in [0.25, 0.3) is 0 Å². The summed E-state index contributed by atoms with van der Waals surface area (Å²) in [6, 6.07) is 3.62. The lowest BCUT2D eigenvalue weighted by molar-refractivity contribution is 0.580. The van der Waals surface area contributed by atoms with Crippen LogP contribution in [0, 0.1) is 0 Å². The summed E-state index contributed by atoms with van der Waals surface area (Å²) in [6.07, 6.45) is 1.59. The van der Waals surface area contributed by atoms with E-state index in [1.165, 1.54) is 11.5 Å². The van der Waals surface area contributed by atoms with Crippen LogP contribution < -0.4 is 0 Å². The van der Waals surface area contributed by atoms with Crippen molar-refractivity contribution in [1.29, 1.82) is 0 Å². The summed E-state index contributed by atoms with van der Waals surface area (Å²) in [5.41, 5.74) is 1.99. The molecule has 0 saturated carbocycles. The van der Waals surface area contributed by atoms with Gasteiger partial charge >= 0.3 is 0 Å². The normalized spacial score (nSPS) is 10.7. The highest BCUT2D eigenvalue weighted by atomic mass is 32.1. The van der Waals surface area contributed by atoms with E-state index in [0.29, 0.717) is 22.8 Å². The Hall–Kier alpha value is -2.02. The second kappa shape index (κ2) is 3.28. The Labute approximate surface area is 88.1 Å². The number of rotatable bonds is 2. The maximum absolute atomic E-state index is 5.25. The lowest BCUT2D eigenvalue weighted by Crippen LogP contribution is -1.82. The quantitative estimate of drug-likeness (QED) is 0.707. The van der Waals surface area contributed by atoms with Crippen molar-refractivity contribution in [3.05, 3.63) is 23.8 Å². The molecule has 0 unspecified atom stereocenters. The van der Waals surface area contributed by atoms with Crippen molar-refractivity contribution in [2.45, 2.75) is 0 Å². The van der Waals surface area contributed by atoms with E-state index in [-0.39, 0.29) is 0 Å². The molecule has 0 aliphatic carbocycles. The molecule has 0 radical (unpaired) electrons. The SMILES string of the molecule is c1coc(-c2n[nH]nc2-c2csnn2)c1. The van der Waals surface area contributed by atoms with Gasteiger partial charge in [0, 0.05) is 5.38 Å². The van der Waals surface area contributed by atoms with E-state index in [4.69, 9.17) is 4.42 Å². The summed E-state index contributed by atoms with van der Waals surface area (Å²) in [6.45, 7) is 0. The Balaban J connectivity index is 2.15. The zero-order valence-electron chi connectivity index (χ0n) is 7.41. The monoisotopic (exact) mass is 219 g/mol. The zero-order valence-corrected chi connectivity index (χ0v) is 8.23. The average molecular weight is 219 g/mol. The first-order valence-corrected chi connectivity index (χ1v) is 5.01. The number of hydrogen-bond donors (Lipinski definition) is 1. The van der Waals surface area contributed by atoms with Crippen LogP contribution in [0.4, 0.5) is 0 Å². The predicted molar refractivity (Wildman–Crippen MR) is 53.0 cm³/mol. The molecular formula is C8H5N5OS. The second-order valence-electron chi connectivity index (χ2n) is 2.79. The molecule has 0 aromatic carbocycles. The molecule has 7 heteroatoms. The Morgan fingerprint density at radius 2 is 2.20 bits per heavy atom. The number of hydrogen-bond acceptors (Lipinski definition) is 6. The Morgan fingerprint density at radius 1 is 1.27 bits per heavy atom. The lowest BCUT2D eigenvalue weighted by Gasteiger charge is -1.91. The smallest absolute Gasteiger partial charge is 0.157 e. The maximum Gasteiger partial charge on any atom is 0.157 e.